The molecule has 0 fully saturated rings. The summed E-state index contributed by atoms with van der Waals surface area (Å²) < 4.78 is 48.6. The Morgan fingerprint density at radius 1 is 1.23 bits per heavy atom. The first-order valence-corrected chi connectivity index (χ1v) is 6.58. The summed E-state index contributed by atoms with van der Waals surface area (Å²) in [4.78, 5) is 23.6. The van der Waals surface area contributed by atoms with Crippen LogP contribution in [0, 0.1) is 0 Å². The van der Waals surface area contributed by atoms with Gasteiger partial charge in [0.25, 0.3) is 0 Å². The van der Waals surface area contributed by atoms with Crippen molar-refractivity contribution >= 4 is 11.9 Å². The first-order chi connectivity index (χ1) is 9.75. The van der Waals surface area contributed by atoms with E-state index >= 15 is 0 Å². The van der Waals surface area contributed by atoms with E-state index in [-0.39, 0.29) is 18.7 Å². The lowest BCUT2D eigenvalue weighted by Gasteiger charge is -2.30. The Balaban J connectivity index is 4.80. The van der Waals surface area contributed by atoms with Crippen LogP contribution in [-0.2, 0) is 19.1 Å². The zero-order chi connectivity index (χ0) is 17.7. The molecule has 0 aromatic carbocycles. The van der Waals surface area contributed by atoms with Crippen molar-refractivity contribution in [2.45, 2.75) is 45.5 Å². The van der Waals surface area contributed by atoms with E-state index in [2.05, 4.69) is 6.58 Å². The second kappa shape index (κ2) is 7.62. The van der Waals surface area contributed by atoms with E-state index in [0.717, 1.165) is 11.9 Å². The second-order valence-corrected chi connectivity index (χ2v) is 5.87. The summed E-state index contributed by atoms with van der Waals surface area (Å²) in [6.45, 7) is 8.64. The minimum Gasteiger partial charge on any atom is -0.461 e. The lowest BCUT2D eigenvalue weighted by atomic mass is 10.2. The van der Waals surface area contributed by atoms with Crippen LogP contribution in [0.25, 0.3) is 0 Å². The molecule has 22 heavy (non-hydrogen) atoms. The molecular weight excluding hydrogens is 303 g/mol. The molecule has 0 amide bonds. The van der Waals surface area contributed by atoms with Gasteiger partial charge in [0.15, 0.2) is 0 Å². The van der Waals surface area contributed by atoms with Crippen molar-refractivity contribution in [3.63, 3.8) is 0 Å². The number of likely N-dealkylation sites (N-methyl/N-ethyl adjacent to an activating group) is 1. The second-order valence-electron chi connectivity index (χ2n) is 5.87. The molecule has 0 rings (SSSR count). The van der Waals surface area contributed by atoms with Crippen LogP contribution in [0.4, 0.5) is 13.2 Å². The highest BCUT2D eigenvalue weighted by molar-refractivity contribution is 5.86. The van der Waals surface area contributed by atoms with Crippen molar-refractivity contribution in [2.75, 3.05) is 20.2 Å². The molecule has 0 N–H and O–H groups in total. The number of hydrogen-bond donors (Lipinski definition) is 0. The van der Waals surface area contributed by atoms with Gasteiger partial charge < -0.3 is 9.47 Å². The van der Waals surface area contributed by atoms with Gasteiger partial charge in [0.05, 0.1) is 0 Å². The van der Waals surface area contributed by atoms with E-state index in [1.54, 1.807) is 0 Å². The molecule has 0 bridgehead atoms. The number of hydrogen-bond acceptors (Lipinski definition) is 5. The van der Waals surface area contributed by atoms with Gasteiger partial charge in [0, 0.05) is 12.1 Å². The largest absolute Gasteiger partial charge is 0.461 e. The Morgan fingerprint density at radius 2 is 1.73 bits per heavy atom. The predicted octanol–water partition coefficient (Wildman–Crippen LogP) is 2.31. The standard InChI is InChI=1S/C14H22F3NO4/c1-9(2)11(19)21-8-7-18(6)10(14(15,16)17)12(20)22-13(3,4)5/h10H,1,7-8H2,2-6H3. The molecule has 0 aromatic heterocycles. The van der Waals surface area contributed by atoms with Gasteiger partial charge >= 0.3 is 18.1 Å². The van der Waals surface area contributed by atoms with Crippen molar-refractivity contribution in [3.8, 4) is 0 Å². The van der Waals surface area contributed by atoms with Crippen LogP contribution >= 0.6 is 0 Å². The maximum absolute atomic E-state index is 13.0. The van der Waals surface area contributed by atoms with Crippen LogP contribution in [-0.4, -0.2) is 54.9 Å². The number of nitrogens with zero attached hydrogens (tertiary/aromatic N) is 1. The average molecular weight is 325 g/mol. The van der Waals surface area contributed by atoms with Gasteiger partial charge in [0.1, 0.15) is 12.2 Å². The Labute approximate surface area is 128 Å². The summed E-state index contributed by atoms with van der Waals surface area (Å²) in [7, 11) is 1.11. The summed E-state index contributed by atoms with van der Waals surface area (Å²) in [6, 6.07) is -2.42. The normalized spacial score (nSPS) is 13.7. The number of ether oxygens (including phenoxy) is 2. The van der Waals surface area contributed by atoms with Crippen LogP contribution in [0.3, 0.4) is 0 Å². The zero-order valence-electron chi connectivity index (χ0n) is 13.4. The molecule has 1 atom stereocenters. The third-order valence-corrected chi connectivity index (χ3v) is 2.41. The first kappa shape index (κ1) is 20.4. The van der Waals surface area contributed by atoms with Crippen molar-refractivity contribution in [3.05, 3.63) is 12.2 Å². The van der Waals surface area contributed by atoms with Gasteiger partial charge in [-0.25, -0.2) is 9.59 Å². The molecule has 0 aromatic rings. The minimum absolute atomic E-state index is 0.141. The summed E-state index contributed by atoms with van der Waals surface area (Å²) in [5.41, 5.74) is -0.893. The Kier molecular flexibility index (Phi) is 7.08. The smallest absolute Gasteiger partial charge is 0.414 e. The quantitative estimate of drug-likeness (QED) is 0.554. The van der Waals surface area contributed by atoms with Gasteiger partial charge in [0.2, 0.25) is 6.04 Å². The highest BCUT2D eigenvalue weighted by atomic mass is 19.4. The SMILES string of the molecule is C=C(C)C(=O)OCCN(C)C(C(=O)OC(C)(C)C)C(F)(F)F. The molecule has 0 saturated carbocycles. The number of rotatable bonds is 6. The summed E-state index contributed by atoms with van der Waals surface area (Å²) >= 11 is 0. The van der Waals surface area contributed by atoms with E-state index in [0.29, 0.717) is 0 Å². The van der Waals surface area contributed by atoms with Gasteiger partial charge in [-0.15, -0.1) is 0 Å². The van der Waals surface area contributed by atoms with Gasteiger partial charge in [-0.05, 0) is 34.7 Å². The number of carbonyl (C=O) groups is 2. The predicted molar refractivity (Wildman–Crippen MR) is 74.1 cm³/mol. The molecule has 0 heterocycles. The van der Waals surface area contributed by atoms with E-state index < -0.39 is 29.8 Å². The zero-order valence-corrected chi connectivity index (χ0v) is 13.4. The lowest BCUT2D eigenvalue weighted by Crippen LogP contribution is -2.52. The number of alkyl halides is 3. The molecule has 0 saturated heterocycles. The molecule has 128 valence electrons. The van der Waals surface area contributed by atoms with Crippen molar-refractivity contribution in [1.29, 1.82) is 0 Å². The first-order valence-electron chi connectivity index (χ1n) is 6.58. The molecule has 5 nitrogen and oxygen atoms in total. The molecule has 0 aliphatic rings. The number of carbonyl (C=O) groups excluding carboxylic acids is 2. The van der Waals surface area contributed by atoms with Crippen molar-refractivity contribution in [1.82, 2.24) is 4.90 Å². The van der Waals surface area contributed by atoms with E-state index in [1.165, 1.54) is 27.7 Å². The average Bonchev–Trinajstić information content (AvgIpc) is 2.23. The summed E-state index contributed by atoms with van der Waals surface area (Å²) in [5.74, 6) is -2.09. The van der Waals surface area contributed by atoms with Crippen LogP contribution < -0.4 is 0 Å². The molecule has 0 aliphatic carbocycles. The Hall–Kier alpha value is -1.57. The molecular formula is C14H22F3NO4. The highest BCUT2D eigenvalue weighted by Gasteiger charge is 2.49. The van der Waals surface area contributed by atoms with E-state index in [1.807, 2.05) is 0 Å². The van der Waals surface area contributed by atoms with Crippen molar-refractivity contribution in [2.24, 2.45) is 0 Å². The monoisotopic (exact) mass is 325 g/mol. The van der Waals surface area contributed by atoms with Crippen molar-refractivity contribution < 1.29 is 32.2 Å². The van der Waals surface area contributed by atoms with E-state index in [4.69, 9.17) is 9.47 Å². The molecule has 1 unspecified atom stereocenters. The third kappa shape index (κ3) is 7.44. The van der Waals surface area contributed by atoms with Crippen LogP contribution in [0.5, 0.6) is 0 Å². The highest BCUT2D eigenvalue weighted by Crippen LogP contribution is 2.26. The number of esters is 2. The summed E-state index contributed by atoms with van der Waals surface area (Å²) in [5, 5.41) is 0. The van der Waals surface area contributed by atoms with E-state index in [9.17, 15) is 22.8 Å². The molecule has 8 heteroatoms. The fourth-order valence-corrected chi connectivity index (χ4v) is 1.46. The molecule has 0 spiro atoms. The molecule has 0 radical (unpaired) electrons. The topological polar surface area (TPSA) is 55.8 Å². The maximum Gasteiger partial charge on any atom is 0.414 e. The van der Waals surface area contributed by atoms with Crippen LogP contribution in [0.15, 0.2) is 12.2 Å². The van der Waals surface area contributed by atoms with Gasteiger partial charge in [-0.3, -0.25) is 4.90 Å². The van der Waals surface area contributed by atoms with Gasteiger partial charge in [-0.2, -0.15) is 13.2 Å². The lowest BCUT2D eigenvalue weighted by molar-refractivity contribution is -0.207. The summed E-state index contributed by atoms with van der Waals surface area (Å²) in [6.07, 6.45) is -4.80. The van der Waals surface area contributed by atoms with Crippen LogP contribution in [0.1, 0.15) is 27.7 Å². The fraction of sp³-hybridized carbons (Fsp3) is 0.714. The Morgan fingerprint density at radius 3 is 2.09 bits per heavy atom. The minimum atomic E-state index is -4.80. The fourth-order valence-electron chi connectivity index (χ4n) is 1.46. The Bertz CT molecular complexity index is 427. The van der Waals surface area contributed by atoms with Crippen LogP contribution in [0.2, 0.25) is 0 Å². The number of halogens is 3. The maximum atomic E-state index is 13.0. The molecule has 0 aliphatic heterocycles. The third-order valence-electron chi connectivity index (χ3n) is 2.41. The van der Waals surface area contributed by atoms with Gasteiger partial charge in [-0.1, -0.05) is 6.58 Å².